The molecule has 18 heavy (non-hydrogen) atoms. The topological polar surface area (TPSA) is 38.3 Å². The predicted molar refractivity (Wildman–Crippen MR) is 70.5 cm³/mol. The molecule has 0 saturated carbocycles. The minimum Gasteiger partial charge on any atom is -0.464 e. The van der Waals surface area contributed by atoms with Crippen molar-refractivity contribution in [3.63, 3.8) is 0 Å². The van der Waals surface area contributed by atoms with Gasteiger partial charge >= 0.3 is 5.97 Å². The van der Waals surface area contributed by atoms with Crippen LogP contribution in [0.2, 0.25) is 0 Å². The van der Waals surface area contributed by atoms with Gasteiger partial charge < -0.3 is 10.1 Å². The Morgan fingerprint density at radius 3 is 3.11 bits per heavy atom. The molecule has 1 aromatic carbocycles. The first-order valence-electron chi connectivity index (χ1n) is 6.50. The Bertz CT molecular complexity index is 495. The lowest BCUT2D eigenvalue weighted by Gasteiger charge is -2.35. The number of para-hydroxylation sites is 1. The third-order valence-electron chi connectivity index (χ3n) is 3.81. The zero-order chi connectivity index (χ0) is 12.5. The van der Waals surface area contributed by atoms with Crippen LogP contribution >= 0.6 is 0 Å². The maximum absolute atomic E-state index is 12.0. The van der Waals surface area contributed by atoms with Crippen molar-refractivity contribution >= 4 is 11.7 Å². The van der Waals surface area contributed by atoms with Crippen LogP contribution in [0, 0.1) is 5.92 Å². The summed E-state index contributed by atoms with van der Waals surface area (Å²) in [4.78, 5) is 12.0. The summed E-state index contributed by atoms with van der Waals surface area (Å²) in [7, 11) is 0. The van der Waals surface area contributed by atoms with Gasteiger partial charge in [0.1, 0.15) is 6.04 Å². The predicted octanol–water partition coefficient (Wildman–Crippen LogP) is 2.70. The number of esters is 1. The average Bonchev–Trinajstić information content (AvgIpc) is 2.87. The Balaban J connectivity index is 1.95. The maximum atomic E-state index is 12.0. The van der Waals surface area contributed by atoms with Crippen LogP contribution in [0.1, 0.15) is 24.8 Å². The standard InChI is InChI=1S/C15H17NO2/c1-2-18-15(17)14-12-8-5-7-10(12)11-6-3-4-9-13(11)16-14/h3-7,9-10,12,14,16H,2,8H2,1H3/t10-,12-,14+/m0/s1. The lowest BCUT2D eigenvalue weighted by molar-refractivity contribution is -0.145. The Kier molecular flexibility index (Phi) is 2.82. The molecule has 3 rings (SSSR count). The van der Waals surface area contributed by atoms with Crippen LogP contribution in [-0.2, 0) is 9.53 Å². The van der Waals surface area contributed by atoms with Gasteiger partial charge in [-0.3, -0.25) is 0 Å². The number of rotatable bonds is 2. The maximum Gasteiger partial charge on any atom is 0.328 e. The van der Waals surface area contributed by atoms with Crippen molar-refractivity contribution in [2.24, 2.45) is 5.92 Å². The molecule has 3 atom stereocenters. The summed E-state index contributed by atoms with van der Waals surface area (Å²) >= 11 is 0. The van der Waals surface area contributed by atoms with E-state index in [0.717, 1.165) is 12.1 Å². The number of hydrogen-bond acceptors (Lipinski definition) is 3. The molecule has 0 bridgehead atoms. The second-order valence-electron chi connectivity index (χ2n) is 4.81. The smallest absolute Gasteiger partial charge is 0.328 e. The molecule has 1 heterocycles. The molecule has 1 aliphatic carbocycles. The zero-order valence-electron chi connectivity index (χ0n) is 10.4. The molecule has 1 N–H and O–H groups in total. The fourth-order valence-corrected chi connectivity index (χ4v) is 3.01. The number of hydrogen-bond donors (Lipinski definition) is 1. The molecule has 0 amide bonds. The normalized spacial score (nSPS) is 28.2. The number of carbonyl (C=O) groups is 1. The number of fused-ring (bicyclic) bond motifs is 3. The molecule has 2 aliphatic rings. The Hall–Kier alpha value is -1.77. The Morgan fingerprint density at radius 2 is 2.28 bits per heavy atom. The van der Waals surface area contributed by atoms with Crippen LogP contribution < -0.4 is 5.32 Å². The number of benzene rings is 1. The Labute approximate surface area is 107 Å². The van der Waals surface area contributed by atoms with Crippen molar-refractivity contribution < 1.29 is 9.53 Å². The van der Waals surface area contributed by atoms with E-state index in [2.05, 4.69) is 29.6 Å². The second-order valence-corrected chi connectivity index (χ2v) is 4.81. The number of ether oxygens (including phenoxy) is 1. The van der Waals surface area contributed by atoms with Gasteiger partial charge in [-0.15, -0.1) is 0 Å². The highest BCUT2D eigenvalue weighted by molar-refractivity contribution is 5.82. The van der Waals surface area contributed by atoms with E-state index in [4.69, 9.17) is 4.74 Å². The first kappa shape index (κ1) is 11.3. The monoisotopic (exact) mass is 243 g/mol. The summed E-state index contributed by atoms with van der Waals surface area (Å²) < 4.78 is 5.18. The van der Waals surface area contributed by atoms with Gasteiger partial charge in [-0.05, 0) is 25.0 Å². The third kappa shape index (κ3) is 1.70. The minimum absolute atomic E-state index is 0.134. The SMILES string of the molecule is CCOC(=O)[C@@H]1Nc2ccccc2[C@@H]2C=CC[C@H]12. The molecule has 94 valence electrons. The van der Waals surface area contributed by atoms with Crippen molar-refractivity contribution in [3.8, 4) is 0 Å². The van der Waals surface area contributed by atoms with Gasteiger partial charge in [0.15, 0.2) is 0 Å². The van der Waals surface area contributed by atoms with Crippen LogP contribution in [-0.4, -0.2) is 18.6 Å². The lowest BCUT2D eigenvalue weighted by Crippen LogP contribution is -2.42. The van der Waals surface area contributed by atoms with E-state index in [1.54, 1.807) is 0 Å². The number of nitrogens with one attached hydrogen (secondary N) is 1. The van der Waals surface area contributed by atoms with Crippen molar-refractivity contribution in [1.29, 1.82) is 0 Å². The lowest BCUT2D eigenvalue weighted by atomic mass is 9.79. The van der Waals surface area contributed by atoms with Gasteiger partial charge in [0.2, 0.25) is 0 Å². The zero-order valence-corrected chi connectivity index (χ0v) is 10.4. The fraction of sp³-hybridized carbons (Fsp3) is 0.400. The van der Waals surface area contributed by atoms with Gasteiger partial charge in [0.25, 0.3) is 0 Å². The molecule has 3 heteroatoms. The Morgan fingerprint density at radius 1 is 1.44 bits per heavy atom. The summed E-state index contributed by atoms with van der Waals surface area (Å²) in [5.74, 6) is 0.501. The molecule has 1 aliphatic heterocycles. The second kappa shape index (κ2) is 4.48. The van der Waals surface area contributed by atoms with Crippen molar-refractivity contribution in [1.82, 2.24) is 0 Å². The molecular formula is C15H17NO2. The van der Waals surface area contributed by atoms with E-state index in [9.17, 15) is 4.79 Å². The minimum atomic E-state index is -0.222. The van der Waals surface area contributed by atoms with E-state index in [-0.39, 0.29) is 12.0 Å². The molecule has 3 nitrogen and oxygen atoms in total. The average molecular weight is 243 g/mol. The third-order valence-corrected chi connectivity index (χ3v) is 3.81. The number of allylic oxidation sites excluding steroid dienone is 2. The van der Waals surface area contributed by atoms with Gasteiger partial charge in [0, 0.05) is 17.5 Å². The molecule has 0 saturated heterocycles. The molecule has 1 aromatic rings. The summed E-state index contributed by atoms with van der Waals surface area (Å²) in [6.07, 6.45) is 5.33. The highest BCUT2D eigenvalue weighted by Crippen LogP contribution is 2.44. The number of anilines is 1. The van der Waals surface area contributed by atoms with Gasteiger partial charge in [0.05, 0.1) is 6.61 Å². The summed E-state index contributed by atoms with van der Waals surface area (Å²) in [5.41, 5.74) is 2.35. The van der Waals surface area contributed by atoms with Crippen LogP contribution in [0.4, 0.5) is 5.69 Å². The largest absolute Gasteiger partial charge is 0.464 e. The van der Waals surface area contributed by atoms with Crippen molar-refractivity contribution in [3.05, 3.63) is 42.0 Å². The molecular weight excluding hydrogens is 226 g/mol. The van der Waals surface area contributed by atoms with E-state index >= 15 is 0 Å². The summed E-state index contributed by atoms with van der Waals surface area (Å²) in [5, 5.41) is 3.34. The molecule has 0 fully saturated rings. The molecule has 0 spiro atoms. The number of carbonyl (C=O) groups excluding carboxylic acids is 1. The van der Waals surface area contributed by atoms with Crippen LogP contribution in [0.3, 0.4) is 0 Å². The van der Waals surface area contributed by atoms with Gasteiger partial charge in [-0.25, -0.2) is 4.79 Å². The molecule has 0 radical (unpaired) electrons. The fourth-order valence-electron chi connectivity index (χ4n) is 3.01. The van der Waals surface area contributed by atoms with E-state index < -0.39 is 0 Å². The first-order chi connectivity index (χ1) is 8.81. The van der Waals surface area contributed by atoms with E-state index in [1.165, 1.54) is 5.56 Å². The van der Waals surface area contributed by atoms with Crippen LogP contribution in [0.5, 0.6) is 0 Å². The highest BCUT2D eigenvalue weighted by Gasteiger charge is 2.41. The highest BCUT2D eigenvalue weighted by atomic mass is 16.5. The first-order valence-corrected chi connectivity index (χ1v) is 6.50. The summed E-state index contributed by atoms with van der Waals surface area (Å²) in [6, 6.07) is 7.99. The van der Waals surface area contributed by atoms with E-state index in [0.29, 0.717) is 18.4 Å². The van der Waals surface area contributed by atoms with Gasteiger partial charge in [-0.1, -0.05) is 30.4 Å². The summed E-state index contributed by atoms with van der Waals surface area (Å²) in [6.45, 7) is 2.28. The van der Waals surface area contributed by atoms with Crippen molar-refractivity contribution in [2.45, 2.75) is 25.3 Å². The van der Waals surface area contributed by atoms with Crippen LogP contribution in [0.25, 0.3) is 0 Å². The molecule has 0 aromatic heterocycles. The quantitative estimate of drug-likeness (QED) is 0.641. The van der Waals surface area contributed by atoms with E-state index in [1.807, 2.05) is 19.1 Å². The van der Waals surface area contributed by atoms with Crippen LogP contribution in [0.15, 0.2) is 36.4 Å². The van der Waals surface area contributed by atoms with Gasteiger partial charge in [-0.2, -0.15) is 0 Å². The van der Waals surface area contributed by atoms with Crippen molar-refractivity contribution in [2.75, 3.05) is 11.9 Å². The molecule has 0 unspecified atom stereocenters.